The number of carbonyl (C=O) groups is 1. The molecule has 0 radical (unpaired) electrons. The van der Waals surface area contributed by atoms with Crippen molar-refractivity contribution in [3.05, 3.63) is 24.3 Å². The molecule has 25 heavy (non-hydrogen) atoms. The van der Waals surface area contributed by atoms with E-state index < -0.39 is 0 Å². The maximum atomic E-state index is 11.0. The number of methoxy groups -OCH3 is 1. The molecular formula is C18H24N4O2S. The fourth-order valence-corrected chi connectivity index (χ4v) is 4.26. The lowest BCUT2D eigenvalue weighted by atomic mass is 9.95. The molecule has 6 nitrogen and oxygen atoms in total. The number of nitrogens with two attached hydrogens (primary N) is 1. The molecule has 3 rings (SSSR count). The summed E-state index contributed by atoms with van der Waals surface area (Å²) in [6.45, 7) is 0. The number of carbonyl (C=O) groups excluding carboxylic acids is 1. The first-order chi connectivity index (χ1) is 12.2. The van der Waals surface area contributed by atoms with Gasteiger partial charge in [0.15, 0.2) is 11.0 Å². The predicted molar refractivity (Wildman–Crippen MR) is 98.7 cm³/mol. The zero-order valence-electron chi connectivity index (χ0n) is 14.5. The Kier molecular flexibility index (Phi) is 5.96. The highest BCUT2D eigenvalue weighted by molar-refractivity contribution is 7.99. The molecule has 1 aromatic carbocycles. The molecule has 1 aromatic heterocycles. The summed E-state index contributed by atoms with van der Waals surface area (Å²) in [5, 5.41) is 9.73. The number of primary amides is 1. The third-order valence-corrected chi connectivity index (χ3v) is 5.48. The topological polar surface area (TPSA) is 83.0 Å². The number of hydrogen-bond donors (Lipinski definition) is 1. The minimum Gasteiger partial charge on any atom is -0.496 e. The van der Waals surface area contributed by atoms with E-state index in [4.69, 9.17) is 10.5 Å². The van der Waals surface area contributed by atoms with Gasteiger partial charge in [-0.15, -0.1) is 10.2 Å². The Hall–Kier alpha value is -2.02. The number of aromatic nitrogens is 3. The standard InChI is InChI=1S/C18H24N4O2S/c1-24-15-10-6-5-9-14(15)17-20-21-18(25-12-11-16(19)23)22(17)13-7-3-2-4-8-13/h5-6,9-10,13H,2-4,7-8,11-12H2,1H3,(H2,19,23). The first-order valence-electron chi connectivity index (χ1n) is 8.70. The fourth-order valence-electron chi connectivity index (χ4n) is 3.30. The first-order valence-corrected chi connectivity index (χ1v) is 9.68. The van der Waals surface area contributed by atoms with E-state index in [1.54, 1.807) is 18.9 Å². The van der Waals surface area contributed by atoms with Crippen LogP contribution < -0.4 is 10.5 Å². The van der Waals surface area contributed by atoms with Gasteiger partial charge >= 0.3 is 0 Å². The van der Waals surface area contributed by atoms with Gasteiger partial charge in [0.1, 0.15) is 5.75 Å². The van der Waals surface area contributed by atoms with Crippen LogP contribution in [0.5, 0.6) is 5.75 Å². The quantitative estimate of drug-likeness (QED) is 0.765. The smallest absolute Gasteiger partial charge is 0.218 e. The molecule has 1 aliphatic rings. The molecule has 1 fully saturated rings. The number of rotatable bonds is 7. The Morgan fingerprint density at radius 1 is 1.28 bits per heavy atom. The van der Waals surface area contributed by atoms with Gasteiger partial charge in [-0.2, -0.15) is 0 Å². The molecule has 1 amide bonds. The van der Waals surface area contributed by atoms with Crippen molar-refractivity contribution >= 4 is 17.7 Å². The molecule has 7 heteroatoms. The predicted octanol–water partition coefficient (Wildman–Crippen LogP) is 3.43. The van der Waals surface area contributed by atoms with Crippen molar-refractivity contribution in [3.8, 4) is 17.1 Å². The molecule has 1 heterocycles. The second-order valence-electron chi connectivity index (χ2n) is 6.23. The van der Waals surface area contributed by atoms with Crippen LogP contribution in [0.3, 0.4) is 0 Å². The van der Waals surface area contributed by atoms with Gasteiger partial charge in [-0.05, 0) is 25.0 Å². The molecule has 0 bridgehead atoms. The third-order valence-electron chi connectivity index (χ3n) is 4.53. The lowest BCUT2D eigenvalue weighted by molar-refractivity contribution is -0.117. The SMILES string of the molecule is COc1ccccc1-c1nnc(SCCC(N)=O)n1C1CCCCC1. The molecule has 0 saturated heterocycles. The van der Waals surface area contributed by atoms with Gasteiger partial charge in [0.25, 0.3) is 0 Å². The summed E-state index contributed by atoms with van der Waals surface area (Å²) in [4.78, 5) is 11.0. The minimum absolute atomic E-state index is 0.291. The maximum Gasteiger partial charge on any atom is 0.218 e. The molecule has 2 aromatic rings. The van der Waals surface area contributed by atoms with Crippen molar-refractivity contribution in [1.29, 1.82) is 0 Å². The summed E-state index contributed by atoms with van der Waals surface area (Å²) in [5.74, 6) is 1.96. The summed E-state index contributed by atoms with van der Waals surface area (Å²) in [5.41, 5.74) is 6.21. The highest BCUT2D eigenvalue weighted by Crippen LogP contribution is 2.38. The molecule has 0 aliphatic heterocycles. The van der Waals surface area contributed by atoms with Crippen LogP contribution in [-0.4, -0.2) is 33.5 Å². The van der Waals surface area contributed by atoms with Crippen molar-refractivity contribution in [2.75, 3.05) is 12.9 Å². The van der Waals surface area contributed by atoms with Crippen LogP contribution in [0, 0.1) is 0 Å². The zero-order valence-corrected chi connectivity index (χ0v) is 15.3. The van der Waals surface area contributed by atoms with E-state index in [9.17, 15) is 4.79 Å². The van der Waals surface area contributed by atoms with Crippen molar-refractivity contribution in [2.45, 2.75) is 49.7 Å². The van der Waals surface area contributed by atoms with E-state index in [0.717, 1.165) is 35.1 Å². The van der Waals surface area contributed by atoms with Gasteiger partial charge in [-0.3, -0.25) is 9.36 Å². The normalized spacial score (nSPS) is 15.2. The van der Waals surface area contributed by atoms with Gasteiger partial charge in [-0.25, -0.2) is 0 Å². The van der Waals surface area contributed by atoms with Gasteiger partial charge in [0.2, 0.25) is 5.91 Å². The highest BCUT2D eigenvalue weighted by atomic mass is 32.2. The Balaban J connectivity index is 1.96. The Labute approximate surface area is 152 Å². The van der Waals surface area contributed by atoms with E-state index in [1.165, 1.54) is 19.3 Å². The molecule has 2 N–H and O–H groups in total. The lowest BCUT2D eigenvalue weighted by Crippen LogP contribution is -2.16. The Morgan fingerprint density at radius 3 is 2.76 bits per heavy atom. The van der Waals surface area contributed by atoms with E-state index in [0.29, 0.717) is 18.2 Å². The number of para-hydroxylation sites is 1. The monoisotopic (exact) mass is 360 g/mol. The minimum atomic E-state index is -0.291. The molecule has 0 spiro atoms. The van der Waals surface area contributed by atoms with Crippen molar-refractivity contribution in [1.82, 2.24) is 14.8 Å². The number of ether oxygens (including phenoxy) is 1. The summed E-state index contributed by atoms with van der Waals surface area (Å²) < 4.78 is 7.75. The summed E-state index contributed by atoms with van der Waals surface area (Å²) >= 11 is 1.55. The summed E-state index contributed by atoms with van der Waals surface area (Å²) in [6, 6.07) is 8.28. The van der Waals surface area contributed by atoms with Crippen molar-refractivity contribution in [2.24, 2.45) is 5.73 Å². The zero-order chi connectivity index (χ0) is 17.6. The molecule has 1 aliphatic carbocycles. The van der Waals surface area contributed by atoms with Gasteiger partial charge < -0.3 is 10.5 Å². The van der Waals surface area contributed by atoms with Gasteiger partial charge in [0, 0.05) is 18.2 Å². The first kappa shape index (κ1) is 17.8. The maximum absolute atomic E-state index is 11.0. The largest absolute Gasteiger partial charge is 0.496 e. The van der Waals surface area contributed by atoms with E-state index in [-0.39, 0.29) is 5.91 Å². The Bertz CT molecular complexity index is 726. The van der Waals surface area contributed by atoms with Crippen molar-refractivity contribution in [3.63, 3.8) is 0 Å². The Morgan fingerprint density at radius 2 is 2.04 bits per heavy atom. The summed E-state index contributed by atoms with van der Waals surface area (Å²) in [7, 11) is 1.67. The summed E-state index contributed by atoms with van der Waals surface area (Å²) in [6.07, 6.45) is 6.32. The van der Waals surface area contributed by atoms with Crippen molar-refractivity contribution < 1.29 is 9.53 Å². The third kappa shape index (κ3) is 4.15. The van der Waals surface area contributed by atoms with Crippen LogP contribution in [0.1, 0.15) is 44.6 Å². The van der Waals surface area contributed by atoms with E-state index in [2.05, 4.69) is 14.8 Å². The number of amides is 1. The van der Waals surface area contributed by atoms with Gasteiger partial charge in [-0.1, -0.05) is 43.2 Å². The lowest BCUT2D eigenvalue weighted by Gasteiger charge is -2.26. The van der Waals surface area contributed by atoms with Crippen LogP contribution in [0.4, 0.5) is 0 Å². The van der Waals surface area contributed by atoms with Gasteiger partial charge in [0.05, 0.1) is 12.7 Å². The second-order valence-corrected chi connectivity index (χ2v) is 7.30. The van der Waals surface area contributed by atoms with Crippen LogP contribution >= 0.6 is 11.8 Å². The van der Waals surface area contributed by atoms with Crippen LogP contribution in [0.15, 0.2) is 29.4 Å². The second kappa shape index (κ2) is 8.38. The average Bonchev–Trinajstić information content (AvgIpc) is 3.05. The molecular weight excluding hydrogens is 336 g/mol. The van der Waals surface area contributed by atoms with Crippen LogP contribution in [0.2, 0.25) is 0 Å². The average molecular weight is 360 g/mol. The molecule has 0 atom stereocenters. The fraction of sp³-hybridized carbons (Fsp3) is 0.500. The van der Waals surface area contributed by atoms with Crippen LogP contribution in [0.25, 0.3) is 11.4 Å². The molecule has 134 valence electrons. The van der Waals surface area contributed by atoms with E-state index in [1.807, 2.05) is 24.3 Å². The number of benzene rings is 1. The molecule has 1 saturated carbocycles. The molecule has 0 unspecified atom stereocenters. The van der Waals surface area contributed by atoms with Crippen LogP contribution in [-0.2, 0) is 4.79 Å². The van der Waals surface area contributed by atoms with E-state index >= 15 is 0 Å². The highest BCUT2D eigenvalue weighted by Gasteiger charge is 2.25. The number of hydrogen-bond acceptors (Lipinski definition) is 5. The number of nitrogens with zero attached hydrogens (tertiary/aromatic N) is 3. The number of thioether (sulfide) groups is 1.